The standard InChI is InChI=1S/C17H28N2O/c1-13(2)16-7-6-15(12-17(16)20-5)19-10-8-18(9-11-19)14(3)4/h6-7,12-14H,8-11H2,1-5H3. The van der Waals surface area contributed by atoms with Crippen molar-refractivity contribution in [1.82, 2.24) is 4.90 Å². The Kier molecular flexibility index (Phi) is 4.92. The third kappa shape index (κ3) is 3.26. The zero-order chi connectivity index (χ0) is 14.7. The molecule has 20 heavy (non-hydrogen) atoms. The van der Waals surface area contributed by atoms with Gasteiger partial charge >= 0.3 is 0 Å². The third-order valence-electron chi connectivity index (χ3n) is 4.25. The molecule has 0 amide bonds. The minimum Gasteiger partial charge on any atom is -0.496 e. The minimum atomic E-state index is 0.497. The van der Waals surface area contributed by atoms with Gasteiger partial charge in [-0.05, 0) is 31.4 Å². The maximum atomic E-state index is 5.56. The largest absolute Gasteiger partial charge is 0.496 e. The molecule has 0 saturated carbocycles. The van der Waals surface area contributed by atoms with Gasteiger partial charge in [0.25, 0.3) is 0 Å². The second-order valence-corrected chi connectivity index (χ2v) is 6.20. The molecule has 0 atom stereocenters. The fourth-order valence-corrected chi connectivity index (χ4v) is 2.87. The summed E-state index contributed by atoms with van der Waals surface area (Å²) in [6, 6.07) is 7.30. The average molecular weight is 276 g/mol. The van der Waals surface area contributed by atoms with Crippen molar-refractivity contribution in [3.8, 4) is 5.75 Å². The summed E-state index contributed by atoms with van der Waals surface area (Å²) in [4.78, 5) is 5.00. The lowest BCUT2D eigenvalue weighted by molar-refractivity contribution is 0.209. The molecule has 1 saturated heterocycles. The van der Waals surface area contributed by atoms with Crippen LogP contribution in [0.2, 0.25) is 0 Å². The Labute approximate surface area is 123 Å². The number of piperazine rings is 1. The highest BCUT2D eigenvalue weighted by molar-refractivity contribution is 5.55. The van der Waals surface area contributed by atoms with E-state index >= 15 is 0 Å². The summed E-state index contributed by atoms with van der Waals surface area (Å²) in [5.74, 6) is 1.51. The molecule has 3 heteroatoms. The van der Waals surface area contributed by atoms with Crippen molar-refractivity contribution in [2.24, 2.45) is 0 Å². The Hall–Kier alpha value is -1.22. The smallest absolute Gasteiger partial charge is 0.124 e. The van der Waals surface area contributed by atoms with Crippen LogP contribution in [0.3, 0.4) is 0 Å². The molecule has 0 N–H and O–H groups in total. The molecule has 0 radical (unpaired) electrons. The molecule has 0 unspecified atom stereocenters. The van der Waals surface area contributed by atoms with Crippen LogP contribution in [0.4, 0.5) is 5.69 Å². The van der Waals surface area contributed by atoms with Crippen molar-refractivity contribution in [1.29, 1.82) is 0 Å². The summed E-state index contributed by atoms with van der Waals surface area (Å²) in [6.45, 7) is 13.5. The van der Waals surface area contributed by atoms with E-state index in [1.165, 1.54) is 11.3 Å². The Morgan fingerprint density at radius 1 is 1.00 bits per heavy atom. The van der Waals surface area contributed by atoms with E-state index in [9.17, 15) is 0 Å². The summed E-state index contributed by atoms with van der Waals surface area (Å²) in [7, 11) is 1.77. The lowest BCUT2D eigenvalue weighted by Crippen LogP contribution is -2.48. The number of rotatable bonds is 4. The quantitative estimate of drug-likeness (QED) is 0.839. The number of benzene rings is 1. The molecule has 0 spiro atoms. The first kappa shape index (κ1) is 15.2. The normalized spacial score (nSPS) is 17.1. The van der Waals surface area contributed by atoms with E-state index in [0.717, 1.165) is 31.9 Å². The van der Waals surface area contributed by atoms with Gasteiger partial charge in [0.15, 0.2) is 0 Å². The van der Waals surface area contributed by atoms with E-state index in [4.69, 9.17) is 4.74 Å². The van der Waals surface area contributed by atoms with Gasteiger partial charge < -0.3 is 9.64 Å². The molecule has 1 fully saturated rings. The van der Waals surface area contributed by atoms with Gasteiger partial charge in [0, 0.05) is 44.0 Å². The molecule has 0 aliphatic carbocycles. The van der Waals surface area contributed by atoms with E-state index in [1.807, 2.05) is 0 Å². The fourth-order valence-electron chi connectivity index (χ4n) is 2.87. The maximum absolute atomic E-state index is 5.56. The number of methoxy groups -OCH3 is 1. The monoisotopic (exact) mass is 276 g/mol. The van der Waals surface area contributed by atoms with Crippen LogP contribution in [0, 0.1) is 0 Å². The first-order chi connectivity index (χ1) is 9.52. The van der Waals surface area contributed by atoms with Crippen molar-refractivity contribution >= 4 is 5.69 Å². The number of ether oxygens (including phenoxy) is 1. The molecular weight excluding hydrogens is 248 g/mol. The van der Waals surface area contributed by atoms with Crippen LogP contribution in [0.15, 0.2) is 18.2 Å². The fraction of sp³-hybridized carbons (Fsp3) is 0.647. The second-order valence-electron chi connectivity index (χ2n) is 6.20. The van der Waals surface area contributed by atoms with E-state index in [-0.39, 0.29) is 0 Å². The lowest BCUT2D eigenvalue weighted by Gasteiger charge is -2.38. The summed E-state index contributed by atoms with van der Waals surface area (Å²) in [6.07, 6.45) is 0. The summed E-state index contributed by atoms with van der Waals surface area (Å²) in [5.41, 5.74) is 2.58. The maximum Gasteiger partial charge on any atom is 0.124 e. The number of nitrogens with zero attached hydrogens (tertiary/aromatic N) is 2. The Bertz CT molecular complexity index is 435. The van der Waals surface area contributed by atoms with Crippen molar-refractivity contribution in [3.05, 3.63) is 23.8 Å². The highest BCUT2D eigenvalue weighted by Gasteiger charge is 2.20. The Morgan fingerprint density at radius 3 is 2.15 bits per heavy atom. The molecule has 112 valence electrons. The number of hydrogen-bond donors (Lipinski definition) is 0. The van der Waals surface area contributed by atoms with Crippen molar-refractivity contribution in [3.63, 3.8) is 0 Å². The first-order valence-electron chi connectivity index (χ1n) is 7.70. The van der Waals surface area contributed by atoms with Crippen LogP contribution in [0.25, 0.3) is 0 Å². The van der Waals surface area contributed by atoms with Crippen molar-refractivity contribution in [2.75, 3.05) is 38.2 Å². The van der Waals surface area contributed by atoms with Gasteiger partial charge in [0.1, 0.15) is 5.75 Å². The minimum absolute atomic E-state index is 0.497. The molecule has 1 aliphatic heterocycles. The molecule has 3 nitrogen and oxygen atoms in total. The SMILES string of the molecule is COc1cc(N2CCN(C(C)C)CC2)ccc1C(C)C. The van der Waals surface area contributed by atoms with Crippen LogP contribution >= 0.6 is 0 Å². The Balaban J connectivity index is 2.10. The van der Waals surface area contributed by atoms with Crippen LogP contribution < -0.4 is 9.64 Å². The van der Waals surface area contributed by atoms with Gasteiger partial charge in [-0.2, -0.15) is 0 Å². The van der Waals surface area contributed by atoms with E-state index in [0.29, 0.717) is 12.0 Å². The number of hydrogen-bond acceptors (Lipinski definition) is 3. The molecule has 0 aromatic heterocycles. The molecule has 1 aromatic rings. The van der Waals surface area contributed by atoms with Gasteiger partial charge in [-0.25, -0.2) is 0 Å². The second kappa shape index (κ2) is 6.49. The molecule has 1 aromatic carbocycles. The van der Waals surface area contributed by atoms with Crippen molar-refractivity contribution < 1.29 is 4.74 Å². The van der Waals surface area contributed by atoms with Gasteiger partial charge in [-0.15, -0.1) is 0 Å². The molecular formula is C17H28N2O. The Morgan fingerprint density at radius 2 is 1.65 bits per heavy atom. The van der Waals surface area contributed by atoms with Crippen LogP contribution in [0.1, 0.15) is 39.2 Å². The highest BCUT2D eigenvalue weighted by atomic mass is 16.5. The van der Waals surface area contributed by atoms with Gasteiger partial charge in [0.05, 0.1) is 7.11 Å². The molecule has 1 heterocycles. The molecule has 0 bridgehead atoms. The lowest BCUT2D eigenvalue weighted by atomic mass is 10.0. The van der Waals surface area contributed by atoms with E-state index in [2.05, 4.69) is 55.7 Å². The highest BCUT2D eigenvalue weighted by Crippen LogP contribution is 2.31. The topological polar surface area (TPSA) is 15.7 Å². The average Bonchev–Trinajstić information content (AvgIpc) is 2.46. The number of anilines is 1. The van der Waals surface area contributed by atoms with Crippen LogP contribution in [-0.2, 0) is 0 Å². The predicted octanol–water partition coefficient (Wildman–Crippen LogP) is 3.35. The summed E-state index contributed by atoms with van der Waals surface area (Å²) < 4.78 is 5.56. The van der Waals surface area contributed by atoms with Gasteiger partial charge in [0.2, 0.25) is 0 Å². The van der Waals surface area contributed by atoms with Gasteiger partial charge in [-0.3, -0.25) is 4.90 Å². The van der Waals surface area contributed by atoms with E-state index < -0.39 is 0 Å². The zero-order valence-electron chi connectivity index (χ0n) is 13.5. The predicted molar refractivity (Wildman–Crippen MR) is 86.0 cm³/mol. The summed E-state index contributed by atoms with van der Waals surface area (Å²) >= 11 is 0. The van der Waals surface area contributed by atoms with E-state index in [1.54, 1.807) is 7.11 Å². The first-order valence-corrected chi connectivity index (χ1v) is 7.70. The molecule has 2 rings (SSSR count). The zero-order valence-corrected chi connectivity index (χ0v) is 13.5. The van der Waals surface area contributed by atoms with Gasteiger partial charge in [-0.1, -0.05) is 19.9 Å². The third-order valence-corrected chi connectivity index (χ3v) is 4.25. The molecule has 1 aliphatic rings. The van der Waals surface area contributed by atoms with Crippen molar-refractivity contribution in [2.45, 2.75) is 39.7 Å². The summed E-state index contributed by atoms with van der Waals surface area (Å²) in [5, 5.41) is 0. The van der Waals surface area contributed by atoms with Crippen LogP contribution in [0.5, 0.6) is 5.75 Å². The van der Waals surface area contributed by atoms with Crippen LogP contribution in [-0.4, -0.2) is 44.2 Å².